The van der Waals surface area contributed by atoms with Crippen LogP contribution in [0.5, 0.6) is 0 Å². The quantitative estimate of drug-likeness (QED) is 0.874. The first-order valence-corrected chi connectivity index (χ1v) is 6.15. The second kappa shape index (κ2) is 6.18. The monoisotopic (exact) mass is 244 g/mol. The fourth-order valence-corrected chi connectivity index (χ4v) is 2.05. The van der Waals surface area contributed by atoms with Gasteiger partial charge in [-0.3, -0.25) is 4.79 Å². The average Bonchev–Trinajstić information content (AvgIpc) is 2.92. The van der Waals surface area contributed by atoms with Crippen molar-refractivity contribution in [1.82, 2.24) is 5.32 Å². The van der Waals surface area contributed by atoms with E-state index < -0.39 is 5.92 Å². The molecule has 0 spiro atoms. The molecule has 1 amide bonds. The number of hydrogen-bond donors (Lipinski definition) is 1. The lowest BCUT2D eigenvalue weighted by Gasteiger charge is -2.13. The summed E-state index contributed by atoms with van der Waals surface area (Å²) in [5.41, 5.74) is 0.727. The molecule has 0 aromatic heterocycles. The van der Waals surface area contributed by atoms with Crippen LogP contribution < -0.4 is 5.32 Å². The topological polar surface area (TPSA) is 62.1 Å². The predicted molar refractivity (Wildman–Crippen MR) is 66.8 cm³/mol. The molecule has 1 aliphatic rings. The van der Waals surface area contributed by atoms with E-state index in [0.29, 0.717) is 6.54 Å². The summed E-state index contributed by atoms with van der Waals surface area (Å²) in [5, 5.41) is 11.9. The summed E-state index contributed by atoms with van der Waals surface area (Å²) >= 11 is 0. The molecule has 0 saturated carbocycles. The molecule has 1 N–H and O–H groups in total. The van der Waals surface area contributed by atoms with Gasteiger partial charge in [-0.25, -0.2) is 0 Å². The van der Waals surface area contributed by atoms with Gasteiger partial charge in [0.1, 0.15) is 5.92 Å². The lowest BCUT2D eigenvalue weighted by Crippen LogP contribution is -2.34. The van der Waals surface area contributed by atoms with Crippen molar-refractivity contribution < 1.29 is 9.53 Å². The molecule has 2 rings (SSSR count). The third-order valence-corrected chi connectivity index (χ3v) is 3.05. The Morgan fingerprint density at radius 1 is 1.50 bits per heavy atom. The smallest absolute Gasteiger partial charge is 0.241 e. The van der Waals surface area contributed by atoms with Crippen LogP contribution in [-0.2, 0) is 9.53 Å². The number of amides is 1. The Morgan fingerprint density at radius 2 is 2.28 bits per heavy atom. The predicted octanol–water partition coefficient (Wildman–Crippen LogP) is 1.59. The number of nitrogens with zero attached hydrogens (tertiary/aromatic N) is 1. The van der Waals surface area contributed by atoms with Crippen molar-refractivity contribution in [3.63, 3.8) is 0 Å². The van der Waals surface area contributed by atoms with Gasteiger partial charge in [0.2, 0.25) is 5.91 Å². The summed E-state index contributed by atoms with van der Waals surface area (Å²) in [4.78, 5) is 11.9. The number of carbonyl (C=O) groups is 1. The maximum absolute atomic E-state index is 11.9. The average molecular weight is 244 g/mol. The molecule has 94 valence electrons. The van der Waals surface area contributed by atoms with Crippen LogP contribution in [0.2, 0.25) is 0 Å². The first-order valence-electron chi connectivity index (χ1n) is 6.15. The summed E-state index contributed by atoms with van der Waals surface area (Å²) in [7, 11) is 0. The minimum absolute atomic E-state index is 0.101. The van der Waals surface area contributed by atoms with E-state index >= 15 is 0 Å². The van der Waals surface area contributed by atoms with E-state index in [-0.39, 0.29) is 12.0 Å². The highest BCUT2D eigenvalue weighted by molar-refractivity contribution is 5.86. The van der Waals surface area contributed by atoms with E-state index in [1.807, 2.05) is 24.3 Å². The van der Waals surface area contributed by atoms with E-state index in [4.69, 9.17) is 10.00 Å². The maximum atomic E-state index is 11.9. The fourth-order valence-electron chi connectivity index (χ4n) is 2.05. The van der Waals surface area contributed by atoms with Crippen molar-refractivity contribution in [2.75, 3.05) is 13.2 Å². The summed E-state index contributed by atoms with van der Waals surface area (Å²) in [6, 6.07) is 11.1. The van der Waals surface area contributed by atoms with Crippen molar-refractivity contribution in [3.8, 4) is 6.07 Å². The zero-order chi connectivity index (χ0) is 12.8. The zero-order valence-corrected chi connectivity index (χ0v) is 10.1. The molecule has 4 heteroatoms. The zero-order valence-electron chi connectivity index (χ0n) is 10.1. The van der Waals surface area contributed by atoms with Crippen LogP contribution in [-0.4, -0.2) is 25.2 Å². The molecule has 18 heavy (non-hydrogen) atoms. The molecule has 0 aliphatic carbocycles. The van der Waals surface area contributed by atoms with Crippen LogP contribution in [0.4, 0.5) is 0 Å². The van der Waals surface area contributed by atoms with Gasteiger partial charge in [-0.05, 0) is 18.4 Å². The lowest BCUT2D eigenvalue weighted by molar-refractivity contribution is -0.121. The number of carbonyl (C=O) groups excluding carboxylic acids is 1. The molecule has 1 heterocycles. The highest BCUT2D eigenvalue weighted by atomic mass is 16.5. The van der Waals surface area contributed by atoms with Crippen molar-refractivity contribution in [3.05, 3.63) is 35.9 Å². The van der Waals surface area contributed by atoms with Gasteiger partial charge in [-0.15, -0.1) is 0 Å². The van der Waals surface area contributed by atoms with Gasteiger partial charge in [0.05, 0.1) is 12.2 Å². The van der Waals surface area contributed by atoms with E-state index in [1.165, 1.54) is 0 Å². The summed E-state index contributed by atoms with van der Waals surface area (Å²) in [5.74, 6) is -0.994. The second-order valence-electron chi connectivity index (χ2n) is 4.35. The number of nitriles is 1. The molecule has 1 aromatic rings. The number of hydrogen-bond acceptors (Lipinski definition) is 3. The molecule has 2 atom stereocenters. The van der Waals surface area contributed by atoms with Gasteiger partial charge in [-0.1, -0.05) is 30.3 Å². The highest BCUT2D eigenvalue weighted by Crippen LogP contribution is 2.15. The standard InChI is InChI=1S/C14H16N2O2/c15-9-13(11-5-2-1-3-6-11)14(17)16-10-12-7-4-8-18-12/h1-3,5-6,12-13H,4,7-8,10H2,(H,16,17). The molecule has 2 unspecified atom stereocenters. The molecule has 4 nitrogen and oxygen atoms in total. The lowest BCUT2D eigenvalue weighted by atomic mass is 10.00. The first-order chi connectivity index (χ1) is 8.81. The molecule has 0 radical (unpaired) electrons. The van der Waals surface area contributed by atoms with Gasteiger partial charge in [0.15, 0.2) is 0 Å². The van der Waals surface area contributed by atoms with Crippen LogP contribution in [0.1, 0.15) is 24.3 Å². The highest BCUT2D eigenvalue weighted by Gasteiger charge is 2.22. The minimum Gasteiger partial charge on any atom is -0.376 e. The van der Waals surface area contributed by atoms with Crippen LogP contribution in [0.3, 0.4) is 0 Å². The summed E-state index contributed by atoms with van der Waals surface area (Å²) in [6.45, 7) is 1.25. The molecule has 1 aromatic carbocycles. The molecular weight excluding hydrogens is 228 g/mol. The van der Waals surface area contributed by atoms with Crippen molar-refractivity contribution in [1.29, 1.82) is 5.26 Å². The number of ether oxygens (including phenoxy) is 1. The third-order valence-electron chi connectivity index (χ3n) is 3.05. The van der Waals surface area contributed by atoms with E-state index in [1.54, 1.807) is 12.1 Å². The van der Waals surface area contributed by atoms with Crippen molar-refractivity contribution >= 4 is 5.91 Å². The van der Waals surface area contributed by atoms with Crippen LogP contribution >= 0.6 is 0 Å². The minimum atomic E-state index is -0.743. The van der Waals surface area contributed by atoms with Gasteiger partial charge >= 0.3 is 0 Å². The number of rotatable bonds is 4. The van der Waals surface area contributed by atoms with Gasteiger partial charge in [0.25, 0.3) is 0 Å². The normalized spacial score (nSPS) is 20.1. The van der Waals surface area contributed by atoms with Gasteiger partial charge < -0.3 is 10.1 Å². The largest absolute Gasteiger partial charge is 0.376 e. The molecular formula is C14H16N2O2. The van der Waals surface area contributed by atoms with Crippen molar-refractivity contribution in [2.45, 2.75) is 24.9 Å². The van der Waals surface area contributed by atoms with E-state index in [0.717, 1.165) is 25.0 Å². The summed E-state index contributed by atoms with van der Waals surface area (Å²) in [6.07, 6.45) is 2.12. The first kappa shape index (κ1) is 12.6. The van der Waals surface area contributed by atoms with E-state index in [2.05, 4.69) is 5.32 Å². The third kappa shape index (κ3) is 3.08. The van der Waals surface area contributed by atoms with Crippen LogP contribution in [0.25, 0.3) is 0 Å². The Balaban J connectivity index is 1.92. The Bertz CT molecular complexity index is 433. The fraction of sp³-hybridized carbons (Fsp3) is 0.429. The SMILES string of the molecule is N#CC(C(=O)NCC1CCCO1)c1ccccc1. The van der Waals surface area contributed by atoms with Crippen LogP contribution in [0, 0.1) is 11.3 Å². The van der Waals surface area contributed by atoms with Crippen molar-refractivity contribution in [2.24, 2.45) is 0 Å². The number of nitrogens with one attached hydrogen (secondary N) is 1. The molecule has 1 aliphatic heterocycles. The maximum Gasteiger partial charge on any atom is 0.241 e. The van der Waals surface area contributed by atoms with Crippen LogP contribution in [0.15, 0.2) is 30.3 Å². The Kier molecular flexibility index (Phi) is 4.32. The van der Waals surface area contributed by atoms with Gasteiger partial charge in [0, 0.05) is 13.2 Å². The summed E-state index contributed by atoms with van der Waals surface area (Å²) < 4.78 is 5.42. The molecule has 1 saturated heterocycles. The Morgan fingerprint density at radius 3 is 2.89 bits per heavy atom. The second-order valence-corrected chi connectivity index (χ2v) is 4.35. The molecule has 0 bridgehead atoms. The van der Waals surface area contributed by atoms with E-state index in [9.17, 15) is 4.79 Å². The Hall–Kier alpha value is -1.86. The Labute approximate surface area is 107 Å². The number of benzene rings is 1. The molecule has 1 fully saturated rings. The van der Waals surface area contributed by atoms with Gasteiger partial charge in [-0.2, -0.15) is 5.26 Å².